The molecule has 0 aliphatic carbocycles. The lowest BCUT2D eigenvalue weighted by atomic mass is 10.0. The number of hydrogen-bond donors (Lipinski definition) is 0. The first-order valence-electron chi connectivity index (χ1n) is 11.8. The fraction of sp³-hybridized carbons (Fsp3) is 0.100. The molecule has 4 heteroatoms. The van der Waals surface area contributed by atoms with Gasteiger partial charge in [0.1, 0.15) is 0 Å². The molecule has 0 radical (unpaired) electrons. The Morgan fingerprint density at radius 2 is 1.56 bits per heavy atom. The number of fused-ring (bicyclic) bond motifs is 4. The van der Waals surface area contributed by atoms with Crippen molar-refractivity contribution < 1.29 is 0 Å². The molecule has 0 saturated carbocycles. The zero-order valence-corrected chi connectivity index (χ0v) is 18.8. The monoisotopic (exact) mass is 440 g/mol. The van der Waals surface area contributed by atoms with Crippen LogP contribution in [0.2, 0.25) is 0 Å². The maximum Gasteiger partial charge on any atom is 0.0853 e. The van der Waals surface area contributed by atoms with Crippen LogP contribution in [0.15, 0.2) is 110 Å². The second-order valence-corrected chi connectivity index (χ2v) is 8.94. The smallest absolute Gasteiger partial charge is 0.0853 e. The van der Waals surface area contributed by atoms with Gasteiger partial charge in [0.05, 0.1) is 16.9 Å². The van der Waals surface area contributed by atoms with Gasteiger partial charge in [0, 0.05) is 36.5 Å². The van der Waals surface area contributed by atoms with Gasteiger partial charge in [-0.3, -0.25) is 4.68 Å². The molecule has 0 bridgehead atoms. The Morgan fingerprint density at radius 1 is 0.676 bits per heavy atom. The maximum absolute atomic E-state index is 4.54. The number of para-hydroxylation sites is 1. The molecule has 3 aromatic carbocycles. The van der Waals surface area contributed by atoms with Crippen molar-refractivity contribution in [2.75, 3.05) is 0 Å². The van der Waals surface area contributed by atoms with E-state index in [4.69, 9.17) is 0 Å². The standard InChI is InChI=1S/C30H24N4/c1-2-9-28-23(5-1)15-19-32(28)26-12-10-22(11-13-26)25-6-3-8-27(21-25)33-20-16-24-7-4-18-34-29(30(24)33)14-17-31-34/h1-3,5-6,8-17,19-21H,4,7,18H2. The highest BCUT2D eigenvalue weighted by atomic mass is 15.3. The molecule has 1 aliphatic heterocycles. The Labute approximate surface area is 198 Å². The van der Waals surface area contributed by atoms with Crippen molar-refractivity contribution in [1.82, 2.24) is 18.9 Å². The molecular formula is C30H24N4. The molecule has 0 unspecified atom stereocenters. The van der Waals surface area contributed by atoms with E-state index in [2.05, 4.69) is 122 Å². The third-order valence-electron chi connectivity index (χ3n) is 6.95. The van der Waals surface area contributed by atoms with Crippen LogP contribution in [0.4, 0.5) is 0 Å². The zero-order chi connectivity index (χ0) is 22.5. The van der Waals surface area contributed by atoms with Gasteiger partial charge < -0.3 is 9.13 Å². The Morgan fingerprint density at radius 3 is 2.50 bits per heavy atom. The topological polar surface area (TPSA) is 27.7 Å². The molecule has 0 atom stereocenters. The summed E-state index contributed by atoms with van der Waals surface area (Å²) in [6.45, 7) is 0.972. The first-order chi connectivity index (χ1) is 16.8. The molecule has 4 heterocycles. The predicted molar refractivity (Wildman–Crippen MR) is 138 cm³/mol. The molecule has 3 aromatic heterocycles. The first-order valence-corrected chi connectivity index (χ1v) is 11.8. The second kappa shape index (κ2) is 7.63. The second-order valence-electron chi connectivity index (χ2n) is 8.94. The van der Waals surface area contributed by atoms with E-state index in [9.17, 15) is 0 Å². The van der Waals surface area contributed by atoms with Gasteiger partial charge >= 0.3 is 0 Å². The van der Waals surface area contributed by atoms with Crippen molar-refractivity contribution >= 4 is 10.9 Å². The van der Waals surface area contributed by atoms with Crippen molar-refractivity contribution in [3.63, 3.8) is 0 Å². The molecule has 0 spiro atoms. The van der Waals surface area contributed by atoms with E-state index in [0.717, 1.165) is 19.4 Å². The van der Waals surface area contributed by atoms with Gasteiger partial charge in [-0.05, 0) is 83.4 Å². The quantitative estimate of drug-likeness (QED) is 0.294. The van der Waals surface area contributed by atoms with Crippen molar-refractivity contribution in [2.45, 2.75) is 19.4 Å². The van der Waals surface area contributed by atoms with E-state index in [-0.39, 0.29) is 0 Å². The van der Waals surface area contributed by atoms with Crippen LogP contribution in [0, 0.1) is 0 Å². The summed E-state index contributed by atoms with van der Waals surface area (Å²) in [7, 11) is 0. The lowest BCUT2D eigenvalue weighted by Crippen LogP contribution is -2.03. The summed E-state index contributed by atoms with van der Waals surface area (Å²) in [5, 5.41) is 5.80. The summed E-state index contributed by atoms with van der Waals surface area (Å²) in [5.41, 5.74) is 9.86. The van der Waals surface area contributed by atoms with Crippen molar-refractivity contribution in [3.8, 4) is 33.9 Å². The van der Waals surface area contributed by atoms with E-state index in [0.29, 0.717) is 0 Å². The van der Waals surface area contributed by atoms with E-state index in [1.54, 1.807) is 0 Å². The van der Waals surface area contributed by atoms with Crippen LogP contribution in [0.3, 0.4) is 0 Å². The van der Waals surface area contributed by atoms with Crippen LogP contribution in [-0.2, 0) is 13.0 Å². The summed E-state index contributed by atoms with van der Waals surface area (Å²) in [4.78, 5) is 0. The van der Waals surface area contributed by atoms with Crippen molar-refractivity contribution in [3.05, 3.63) is 115 Å². The van der Waals surface area contributed by atoms with Crippen LogP contribution < -0.4 is 0 Å². The van der Waals surface area contributed by atoms with Crippen LogP contribution in [0.25, 0.3) is 44.8 Å². The first kappa shape index (κ1) is 19.2. The predicted octanol–water partition coefficient (Wildman–Crippen LogP) is 6.90. The fourth-order valence-electron chi connectivity index (χ4n) is 5.27. The summed E-state index contributed by atoms with van der Waals surface area (Å²) in [6, 6.07) is 32.7. The molecule has 1 aliphatic rings. The summed E-state index contributed by atoms with van der Waals surface area (Å²) >= 11 is 0. The number of benzene rings is 3. The van der Waals surface area contributed by atoms with E-state index in [1.165, 1.54) is 50.4 Å². The maximum atomic E-state index is 4.54. The van der Waals surface area contributed by atoms with Gasteiger partial charge in [-0.25, -0.2) is 0 Å². The highest BCUT2D eigenvalue weighted by Gasteiger charge is 2.19. The number of aromatic nitrogens is 4. The number of aryl methyl sites for hydroxylation is 2. The molecule has 0 fully saturated rings. The van der Waals surface area contributed by atoms with Gasteiger partial charge in [0.2, 0.25) is 0 Å². The molecule has 164 valence electrons. The SMILES string of the molecule is c1cc(-c2ccc(-n3ccc4ccccc43)cc2)cc(-n2ccc3c2-c2ccnn2CCC3)c1. The van der Waals surface area contributed by atoms with Gasteiger partial charge in [-0.15, -0.1) is 0 Å². The van der Waals surface area contributed by atoms with Crippen LogP contribution in [0.5, 0.6) is 0 Å². The van der Waals surface area contributed by atoms with E-state index < -0.39 is 0 Å². The minimum absolute atomic E-state index is 0.972. The third-order valence-corrected chi connectivity index (χ3v) is 6.95. The molecule has 4 nitrogen and oxygen atoms in total. The van der Waals surface area contributed by atoms with Gasteiger partial charge in [0.25, 0.3) is 0 Å². The summed E-state index contributed by atoms with van der Waals surface area (Å²) < 4.78 is 6.70. The average Bonchev–Trinajstić information content (AvgIpc) is 3.61. The van der Waals surface area contributed by atoms with Crippen LogP contribution in [0.1, 0.15) is 12.0 Å². The van der Waals surface area contributed by atoms with Gasteiger partial charge in [-0.1, -0.05) is 42.5 Å². The Hall–Kier alpha value is -4.31. The summed E-state index contributed by atoms with van der Waals surface area (Å²) in [6.07, 6.45) is 8.46. The number of rotatable bonds is 3. The van der Waals surface area contributed by atoms with E-state index in [1.807, 2.05) is 6.20 Å². The van der Waals surface area contributed by atoms with Gasteiger partial charge in [-0.2, -0.15) is 5.10 Å². The van der Waals surface area contributed by atoms with Crippen molar-refractivity contribution in [2.24, 2.45) is 0 Å². The largest absolute Gasteiger partial charge is 0.317 e. The minimum atomic E-state index is 0.972. The zero-order valence-electron chi connectivity index (χ0n) is 18.8. The normalized spacial score (nSPS) is 12.9. The molecular weight excluding hydrogens is 416 g/mol. The molecule has 0 saturated heterocycles. The highest BCUT2D eigenvalue weighted by Crippen LogP contribution is 2.33. The fourth-order valence-corrected chi connectivity index (χ4v) is 5.27. The number of hydrogen-bond acceptors (Lipinski definition) is 1. The van der Waals surface area contributed by atoms with Crippen LogP contribution in [-0.4, -0.2) is 18.9 Å². The molecule has 7 rings (SSSR count). The molecule has 34 heavy (non-hydrogen) atoms. The lowest BCUT2D eigenvalue weighted by Gasteiger charge is -2.13. The third kappa shape index (κ3) is 3.03. The molecule has 0 amide bonds. The van der Waals surface area contributed by atoms with Crippen molar-refractivity contribution in [1.29, 1.82) is 0 Å². The summed E-state index contributed by atoms with van der Waals surface area (Å²) in [5.74, 6) is 0. The minimum Gasteiger partial charge on any atom is -0.317 e. The lowest BCUT2D eigenvalue weighted by molar-refractivity contribution is 0.594. The Balaban J connectivity index is 1.27. The Kier molecular flexibility index (Phi) is 4.31. The molecule has 6 aromatic rings. The average molecular weight is 441 g/mol. The number of nitrogens with zero attached hydrogens (tertiary/aromatic N) is 4. The Bertz CT molecular complexity index is 1630. The van der Waals surface area contributed by atoms with Gasteiger partial charge in [0.15, 0.2) is 0 Å². The molecule has 0 N–H and O–H groups in total. The van der Waals surface area contributed by atoms with Crippen LogP contribution >= 0.6 is 0 Å². The van der Waals surface area contributed by atoms with E-state index >= 15 is 0 Å². The highest BCUT2D eigenvalue weighted by molar-refractivity contribution is 5.82.